The van der Waals surface area contributed by atoms with Crippen LogP contribution in [0.2, 0.25) is 10.0 Å². The number of hydrogen-bond acceptors (Lipinski definition) is 5. The Bertz CT molecular complexity index is 992. The molecule has 1 aromatic heterocycles. The molecule has 2 aromatic carbocycles. The number of halogens is 2. The third kappa shape index (κ3) is 4.86. The molecule has 0 bridgehead atoms. The summed E-state index contributed by atoms with van der Waals surface area (Å²) in [5.74, 6) is 0.914. The second kappa shape index (κ2) is 10.0. The van der Waals surface area contributed by atoms with Gasteiger partial charge in [0, 0.05) is 19.1 Å². The number of carbonyl (C=O) groups is 1. The molecule has 3 aromatic rings. The zero-order chi connectivity index (χ0) is 20.8. The number of aldehydes is 1. The van der Waals surface area contributed by atoms with Crippen molar-refractivity contribution >= 4 is 46.2 Å². The Morgan fingerprint density at radius 2 is 1.93 bits per heavy atom. The highest BCUT2D eigenvalue weighted by atomic mass is 35.5. The quantitative estimate of drug-likeness (QED) is 0.542. The molecule has 0 amide bonds. The number of aliphatic hydroxyl groups excluding tert-OH is 1. The first-order valence-electron chi connectivity index (χ1n) is 9.51. The van der Waals surface area contributed by atoms with Gasteiger partial charge in [-0.25, -0.2) is 9.97 Å². The van der Waals surface area contributed by atoms with Crippen molar-refractivity contribution in [3.8, 4) is 11.1 Å². The van der Waals surface area contributed by atoms with Gasteiger partial charge in [-0.3, -0.25) is 0 Å². The molecule has 1 saturated carbocycles. The number of aromatic nitrogens is 2. The molecule has 29 heavy (non-hydrogen) atoms. The van der Waals surface area contributed by atoms with Gasteiger partial charge in [0.05, 0.1) is 20.9 Å². The summed E-state index contributed by atoms with van der Waals surface area (Å²) in [6.07, 6.45) is 6.54. The van der Waals surface area contributed by atoms with E-state index >= 15 is 0 Å². The molecule has 1 aliphatic rings. The highest BCUT2D eigenvalue weighted by Crippen LogP contribution is 2.36. The highest BCUT2D eigenvalue weighted by molar-refractivity contribution is 6.42. The fourth-order valence-corrected chi connectivity index (χ4v) is 4.10. The van der Waals surface area contributed by atoms with Crippen LogP contribution >= 0.6 is 23.2 Å². The third-order valence-corrected chi connectivity index (χ3v) is 5.88. The molecule has 1 aliphatic carbocycles. The first kappa shape index (κ1) is 21.5. The molecule has 0 aliphatic heterocycles. The molecule has 1 heterocycles. The molecule has 2 atom stereocenters. The number of aliphatic hydroxyl groups is 1. The minimum absolute atomic E-state index is 0.124. The van der Waals surface area contributed by atoms with Crippen LogP contribution in [0.3, 0.4) is 0 Å². The zero-order valence-electron chi connectivity index (χ0n) is 16.1. The van der Waals surface area contributed by atoms with Crippen LogP contribution in [-0.2, 0) is 4.79 Å². The van der Waals surface area contributed by atoms with Crippen molar-refractivity contribution in [3.63, 3.8) is 0 Å². The minimum atomic E-state index is 0.124. The van der Waals surface area contributed by atoms with Gasteiger partial charge in [0.15, 0.2) is 0 Å². The van der Waals surface area contributed by atoms with Gasteiger partial charge in [0.25, 0.3) is 0 Å². The molecule has 2 N–H and O–H groups in total. The van der Waals surface area contributed by atoms with E-state index in [0.29, 0.717) is 10.0 Å². The monoisotopic (exact) mass is 431 g/mol. The number of benzene rings is 2. The van der Waals surface area contributed by atoms with Crippen LogP contribution in [0.4, 0.5) is 5.82 Å². The first-order chi connectivity index (χ1) is 14.2. The molecular formula is C22H23Cl2N3O2. The van der Waals surface area contributed by atoms with Crippen LogP contribution in [0.1, 0.15) is 25.7 Å². The van der Waals surface area contributed by atoms with E-state index in [1.807, 2.05) is 30.3 Å². The maximum absolute atomic E-state index is 11.2. The van der Waals surface area contributed by atoms with Crippen LogP contribution < -0.4 is 5.32 Å². The Morgan fingerprint density at radius 1 is 1.10 bits per heavy atom. The molecule has 0 saturated heterocycles. The Hall–Kier alpha value is -2.21. The molecule has 2 unspecified atom stereocenters. The van der Waals surface area contributed by atoms with Crippen molar-refractivity contribution in [2.24, 2.45) is 5.92 Å². The van der Waals surface area contributed by atoms with E-state index in [-0.39, 0.29) is 12.0 Å². The van der Waals surface area contributed by atoms with Crippen molar-refractivity contribution in [1.82, 2.24) is 9.97 Å². The molecular weight excluding hydrogens is 409 g/mol. The van der Waals surface area contributed by atoms with Crippen molar-refractivity contribution in [2.45, 2.75) is 31.7 Å². The number of hydrogen-bond donors (Lipinski definition) is 2. The van der Waals surface area contributed by atoms with Crippen LogP contribution in [0, 0.1) is 5.92 Å². The van der Waals surface area contributed by atoms with Gasteiger partial charge in [-0.2, -0.15) is 0 Å². The van der Waals surface area contributed by atoms with E-state index in [1.54, 1.807) is 12.4 Å². The minimum Gasteiger partial charge on any atom is -0.400 e. The first-order valence-corrected chi connectivity index (χ1v) is 10.3. The van der Waals surface area contributed by atoms with E-state index in [2.05, 4.69) is 15.3 Å². The maximum atomic E-state index is 11.2. The summed E-state index contributed by atoms with van der Waals surface area (Å²) in [7, 11) is 1.00. The van der Waals surface area contributed by atoms with Gasteiger partial charge in [-0.1, -0.05) is 47.8 Å². The lowest BCUT2D eigenvalue weighted by Crippen LogP contribution is -2.28. The maximum Gasteiger partial charge on any atom is 0.138 e. The van der Waals surface area contributed by atoms with Crippen LogP contribution in [0.25, 0.3) is 22.0 Å². The van der Waals surface area contributed by atoms with Crippen LogP contribution in [0.15, 0.2) is 42.7 Å². The highest BCUT2D eigenvalue weighted by Gasteiger charge is 2.23. The molecule has 5 nitrogen and oxygen atoms in total. The Kier molecular flexibility index (Phi) is 7.42. The number of anilines is 1. The Labute approximate surface area is 180 Å². The number of carbonyl (C=O) groups excluding carboxylic acids is 1. The largest absolute Gasteiger partial charge is 0.400 e. The number of fused-ring (bicyclic) bond motifs is 1. The molecule has 1 fully saturated rings. The lowest BCUT2D eigenvalue weighted by molar-refractivity contribution is -0.111. The number of rotatable bonds is 4. The Morgan fingerprint density at radius 3 is 2.69 bits per heavy atom. The molecule has 7 heteroatoms. The fraction of sp³-hybridized carbons (Fsp3) is 0.318. The lowest BCUT2D eigenvalue weighted by Gasteiger charge is -2.27. The van der Waals surface area contributed by atoms with Crippen molar-refractivity contribution < 1.29 is 9.90 Å². The summed E-state index contributed by atoms with van der Waals surface area (Å²) in [5.41, 5.74) is 2.82. The van der Waals surface area contributed by atoms with Gasteiger partial charge in [-0.05, 0) is 48.6 Å². The van der Waals surface area contributed by atoms with E-state index in [9.17, 15) is 4.79 Å². The summed E-state index contributed by atoms with van der Waals surface area (Å²) in [6, 6.07) is 11.8. The van der Waals surface area contributed by atoms with E-state index in [0.717, 1.165) is 66.9 Å². The molecule has 0 radical (unpaired) electrons. The SMILES string of the molecule is CO.O=CC1CCCC(Nc2ncnc3cccc(-c4ccc(Cl)c(Cl)c4)c23)C1. The third-order valence-electron chi connectivity index (χ3n) is 5.14. The van der Waals surface area contributed by atoms with Gasteiger partial charge >= 0.3 is 0 Å². The second-order valence-corrected chi connectivity index (χ2v) is 7.77. The van der Waals surface area contributed by atoms with Crippen molar-refractivity contribution in [2.75, 3.05) is 12.4 Å². The molecule has 0 spiro atoms. The normalized spacial score (nSPS) is 18.6. The lowest BCUT2D eigenvalue weighted by atomic mass is 9.86. The number of nitrogens with one attached hydrogen (secondary N) is 1. The van der Waals surface area contributed by atoms with Gasteiger partial charge in [0.2, 0.25) is 0 Å². The topological polar surface area (TPSA) is 75.1 Å². The van der Waals surface area contributed by atoms with E-state index in [1.165, 1.54) is 0 Å². The predicted molar refractivity (Wildman–Crippen MR) is 119 cm³/mol. The molecule has 152 valence electrons. The summed E-state index contributed by atoms with van der Waals surface area (Å²) < 4.78 is 0. The van der Waals surface area contributed by atoms with Crippen molar-refractivity contribution in [1.29, 1.82) is 0 Å². The standard InChI is InChI=1S/C21H19Cl2N3O.CH4O/c22-17-8-7-14(10-18(17)23)16-5-2-6-19-20(16)21(25-12-24-19)26-15-4-1-3-13(9-15)11-27;1-2/h2,5-8,10-13,15H,1,3-4,9H2,(H,24,25,26);2H,1H3. The molecule has 4 rings (SSSR count). The summed E-state index contributed by atoms with van der Waals surface area (Å²) in [4.78, 5) is 20.1. The summed E-state index contributed by atoms with van der Waals surface area (Å²) >= 11 is 12.3. The van der Waals surface area contributed by atoms with Gasteiger partial charge in [-0.15, -0.1) is 0 Å². The average Bonchev–Trinajstić information content (AvgIpc) is 2.77. The average molecular weight is 432 g/mol. The van der Waals surface area contributed by atoms with Crippen LogP contribution in [-0.4, -0.2) is 34.5 Å². The van der Waals surface area contributed by atoms with Gasteiger partial charge < -0.3 is 15.2 Å². The van der Waals surface area contributed by atoms with E-state index < -0.39 is 0 Å². The smallest absolute Gasteiger partial charge is 0.138 e. The predicted octanol–water partition coefficient (Wildman–Crippen LogP) is 5.38. The fourth-order valence-electron chi connectivity index (χ4n) is 3.80. The van der Waals surface area contributed by atoms with Crippen LogP contribution in [0.5, 0.6) is 0 Å². The summed E-state index contributed by atoms with van der Waals surface area (Å²) in [5, 5.41) is 12.5. The van der Waals surface area contributed by atoms with E-state index in [4.69, 9.17) is 28.3 Å². The number of nitrogens with zero attached hydrogens (tertiary/aromatic N) is 2. The second-order valence-electron chi connectivity index (χ2n) is 6.95. The Balaban J connectivity index is 0.00000117. The van der Waals surface area contributed by atoms with Crippen molar-refractivity contribution in [3.05, 3.63) is 52.8 Å². The zero-order valence-corrected chi connectivity index (χ0v) is 17.6. The summed E-state index contributed by atoms with van der Waals surface area (Å²) in [6.45, 7) is 0. The van der Waals surface area contributed by atoms with Gasteiger partial charge in [0.1, 0.15) is 18.4 Å².